The first kappa shape index (κ1) is 17.3. The highest BCUT2D eigenvalue weighted by molar-refractivity contribution is 5.86. The quantitative estimate of drug-likeness (QED) is 0.777. The van der Waals surface area contributed by atoms with Gasteiger partial charge >= 0.3 is 6.09 Å². The highest BCUT2D eigenvalue weighted by Gasteiger charge is 2.19. The van der Waals surface area contributed by atoms with Crippen molar-refractivity contribution in [3.8, 4) is 5.75 Å². The van der Waals surface area contributed by atoms with Crippen molar-refractivity contribution in [1.82, 2.24) is 5.32 Å². The Hall–Kier alpha value is -1.79. The van der Waals surface area contributed by atoms with Crippen LogP contribution in [-0.2, 0) is 4.74 Å². The van der Waals surface area contributed by atoms with Gasteiger partial charge in [-0.15, -0.1) is 0 Å². The van der Waals surface area contributed by atoms with Crippen LogP contribution in [0.2, 0.25) is 0 Å². The van der Waals surface area contributed by atoms with Crippen LogP contribution in [0.1, 0.15) is 32.4 Å². The number of methoxy groups -OCH3 is 1. The highest BCUT2D eigenvalue weighted by atomic mass is 16.6. The molecule has 0 saturated heterocycles. The van der Waals surface area contributed by atoms with E-state index in [9.17, 15) is 9.90 Å². The maximum Gasteiger partial charge on any atom is 0.412 e. The van der Waals surface area contributed by atoms with Crippen LogP contribution < -0.4 is 15.4 Å². The smallest absolute Gasteiger partial charge is 0.412 e. The molecule has 0 heterocycles. The molecule has 0 fully saturated rings. The van der Waals surface area contributed by atoms with E-state index in [0.717, 1.165) is 0 Å². The first-order chi connectivity index (χ1) is 9.76. The third kappa shape index (κ3) is 5.61. The number of hydrogen-bond acceptors (Lipinski definition) is 5. The number of amides is 1. The molecule has 21 heavy (non-hydrogen) atoms. The fourth-order valence-electron chi connectivity index (χ4n) is 1.78. The number of carbonyl (C=O) groups excluding carboxylic acids is 1. The average Bonchev–Trinajstić information content (AvgIpc) is 2.36. The van der Waals surface area contributed by atoms with E-state index in [1.54, 1.807) is 46.0 Å². The summed E-state index contributed by atoms with van der Waals surface area (Å²) < 4.78 is 10.4. The summed E-state index contributed by atoms with van der Waals surface area (Å²) in [6.45, 7) is 5.73. The molecule has 1 aromatic carbocycles. The Bertz CT molecular complexity index is 483. The summed E-state index contributed by atoms with van der Waals surface area (Å²) in [6, 6.07) is 5.10. The molecule has 0 aliphatic rings. The number of nitrogens with one attached hydrogen (secondary N) is 2. The van der Waals surface area contributed by atoms with Crippen LogP contribution in [0.3, 0.4) is 0 Å². The van der Waals surface area contributed by atoms with Crippen LogP contribution in [0.25, 0.3) is 0 Å². The maximum atomic E-state index is 11.9. The van der Waals surface area contributed by atoms with Crippen molar-refractivity contribution in [3.63, 3.8) is 0 Å². The SMILES string of the molecule is CNCC(O)c1ccc(OC)cc1NC(=O)OC(C)(C)C. The molecule has 0 aromatic heterocycles. The van der Waals surface area contributed by atoms with Gasteiger partial charge in [0.15, 0.2) is 0 Å². The lowest BCUT2D eigenvalue weighted by atomic mass is 10.1. The number of anilines is 1. The van der Waals surface area contributed by atoms with E-state index in [4.69, 9.17) is 9.47 Å². The van der Waals surface area contributed by atoms with Gasteiger partial charge in [-0.1, -0.05) is 6.07 Å². The van der Waals surface area contributed by atoms with Gasteiger partial charge in [0.25, 0.3) is 0 Å². The topological polar surface area (TPSA) is 79.8 Å². The molecule has 0 bridgehead atoms. The summed E-state index contributed by atoms with van der Waals surface area (Å²) in [6.07, 6.45) is -1.32. The Labute approximate surface area is 125 Å². The number of likely N-dealkylation sites (N-methyl/N-ethyl adjacent to an activating group) is 1. The van der Waals surface area contributed by atoms with Crippen LogP contribution in [0.4, 0.5) is 10.5 Å². The lowest BCUT2D eigenvalue weighted by Gasteiger charge is -2.21. The molecule has 1 aromatic rings. The van der Waals surface area contributed by atoms with Gasteiger partial charge in [0.05, 0.1) is 18.9 Å². The van der Waals surface area contributed by atoms with E-state index in [1.165, 1.54) is 7.11 Å². The lowest BCUT2D eigenvalue weighted by Crippen LogP contribution is -2.28. The lowest BCUT2D eigenvalue weighted by molar-refractivity contribution is 0.0635. The molecule has 0 saturated carbocycles. The fraction of sp³-hybridized carbons (Fsp3) is 0.533. The standard InChI is InChI=1S/C15H24N2O4/c1-15(2,3)21-14(19)17-12-8-10(20-5)6-7-11(12)13(18)9-16-4/h6-8,13,16,18H,9H2,1-5H3,(H,17,19). The van der Waals surface area contributed by atoms with E-state index < -0.39 is 17.8 Å². The number of aliphatic hydroxyl groups is 1. The summed E-state index contributed by atoms with van der Waals surface area (Å²) in [5, 5.41) is 15.7. The van der Waals surface area contributed by atoms with Crippen molar-refractivity contribution < 1.29 is 19.4 Å². The van der Waals surface area contributed by atoms with E-state index >= 15 is 0 Å². The van der Waals surface area contributed by atoms with E-state index in [1.807, 2.05) is 0 Å². The molecule has 0 radical (unpaired) electrons. The Morgan fingerprint density at radius 1 is 1.38 bits per heavy atom. The van der Waals surface area contributed by atoms with Crippen molar-refractivity contribution in [3.05, 3.63) is 23.8 Å². The zero-order valence-corrected chi connectivity index (χ0v) is 13.2. The van der Waals surface area contributed by atoms with Gasteiger partial charge in [0, 0.05) is 18.2 Å². The summed E-state index contributed by atoms with van der Waals surface area (Å²) in [7, 11) is 3.28. The molecule has 1 atom stereocenters. The third-order valence-electron chi connectivity index (χ3n) is 2.65. The summed E-state index contributed by atoms with van der Waals surface area (Å²) in [5.74, 6) is 0.585. The predicted octanol–water partition coefficient (Wildman–Crippen LogP) is 2.30. The normalized spacial score (nSPS) is 12.7. The Balaban J connectivity index is 2.98. The predicted molar refractivity (Wildman–Crippen MR) is 81.7 cm³/mol. The van der Waals surface area contributed by atoms with Gasteiger partial charge in [0.1, 0.15) is 11.4 Å². The number of rotatable bonds is 5. The van der Waals surface area contributed by atoms with Gasteiger partial charge in [-0.05, 0) is 33.9 Å². The van der Waals surface area contributed by atoms with E-state index in [0.29, 0.717) is 23.5 Å². The van der Waals surface area contributed by atoms with Crippen molar-refractivity contribution in [2.24, 2.45) is 0 Å². The van der Waals surface area contributed by atoms with Crippen LogP contribution in [-0.4, -0.2) is 37.5 Å². The number of aliphatic hydroxyl groups excluding tert-OH is 1. The van der Waals surface area contributed by atoms with Crippen molar-refractivity contribution >= 4 is 11.8 Å². The van der Waals surface area contributed by atoms with Crippen molar-refractivity contribution in [2.75, 3.05) is 26.0 Å². The highest BCUT2D eigenvalue weighted by Crippen LogP contribution is 2.28. The van der Waals surface area contributed by atoms with Crippen molar-refractivity contribution in [2.45, 2.75) is 32.5 Å². The van der Waals surface area contributed by atoms with Crippen LogP contribution in [0.15, 0.2) is 18.2 Å². The van der Waals surface area contributed by atoms with Gasteiger partial charge < -0.3 is 19.9 Å². The minimum atomic E-state index is -0.745. The molecule has 6 heteroatoms. The molecule has 6 nitrogen and oxygen atoms in total. The molecule has 118 valence electrons. The Morgan fingerprint density at radius 2 is 2.05 bits per heavy atom. The average molecular weight is 296 g/mol. The van der Waals surface area contributed by atoms with E-state index in [-0.39, 0.29) is 0 Å². The number of ether oxygens (including phenoxy) is 2. The zero-order chi connectivity index (χ0) is 16.0. The molecule has 0 aliphatic heterocycles. The minimum Gasteiger partial charge on any atom is -0.497 e. The van der Waals surface area contributed by atoms with Gasteiger partial charge in [0.2, 0.25) is 0 Å². The Kier molecular flexibility index (Phi) is 5.99. The second kappa shape index (κ2) is 7.28. The summed E-state index contributed by atoms with van der Waals surface area (Å²) in [5.41, 5.74) is 0.467. The fourth-order valence-corrected chi connectivity index (χ4v) is 1.78. The van der Waals surface area contributed by atoms with Gasteiger partial charge in [-0.3, -0.25) is 5.32 Å². The first-order valence-corrected chi connectivity index (χ1v) is 6.77. The maximum absolute atomic E-state index is 11.9. The molecular weight excluding hydrogens is 272 g/mol. The van der Waals surface area contributed by atoms with Crippen molar-refractivity contribution in [1.29, 1.82) is 0 Å². The van der Waals surface area contributed by atoms with Gasteiger partial charge in [-0.2, -0.15) is 0 Å². The van der Waals surface area contributed by atoms with E-state index in [2.05, 4.69) is 10.6 Å². The third-order valence-corrected chi connectivity index (χ3v) is 2.65. The number of carbonyl (C=O) groups is 1. The monoisotopic (exact) mass is 296 g/mol. The van der Waals surface area contributed by atoms with Gasteiger partial charge in [-0.25, -0.2) is 4.79 Å². The largest absolute Gasteiger partial charge is 0.497 e. The Morgan fingerprint density at radius 3 is 2.57 bits per heavy atom. The molecule has 1 amide bonds. The summed E-state index contributed by atoms with van der Waals surface area (Å²) >= 11 is 0. The number of hydrogen-bond donors (Lipinski definition) is 3. The molecule has 3 N–H and O–H groups in total. The summed E-state index contributed by atoms with van der Waals surface area (Å²) in [4.78, 5) is 11.9. The molecular formula is C15H24N2O4. The molecule has 0 aliphatic carbocycles. The first-order valence-electron chi connectivity index (χ1n) is 6.77. The molecule has 1 rings (SSSR count). The molecule has 0 spiro atoms. The second-order valence-electron chi connectivity index (χ2n) is 5.65. The zero-order valence-electron chi connectivity index (χ0n) is 13.2. The van der Waals surface area contributed by atoms with Crippen LogP contribution >= 0.6 is 0 Å². The van der Waals surface area contributed by atoms with Crippen LogP contribution in [0.5, 0.6) is 5.75 Å². The second-order valence-corrected chi connectivity index (χ2v) is 5.65. The van der Waals surface area contributed by atoms with Crippen LogP contribution in [0, 0.1) is 0 Å². The minimum absolute atomic E-state index is 0.370. The number of benzene rings is 1. The molecule has 1 unspecified atom stereocenters.